The number of rotatable bonds is 1. The Labute approximate surface area is 138 Å². The van der Waals surface area contributed by atoms with Gasteiger partial charge in [0.15, 0.2) is 0 Å². The van der Waals surface area contributed by atoms with Crippen molar-refractivity contribution < 1.29 is 0 Å². The van der Waals surface area contributed by atoms with Gasteiger partial charge in [-0.2, -0.15) is 0 Å². The maximum absolute atomic E-state index is 4.49. The van der Waals surface area contributed by atoms with Crippen LogP contribution in [-0.4, -0.2) is 0 Å². The second-order valence-corrected chi connectivity index (χ2v) is 9.74. The Bertz CT molecular complexity index is 463. The lowest BCUT2D eigenvalue weighted by Crippen LogP contribution is -2.54. The van der Waals surface area contributed by atoms with Crippen molar-refractivity contribution in [2.45, 2.75) is 85.0 Å². The normalized spacial score (nSPS) is 54.5. The molecule has 0 N–H and O–H groups in total. The van der Waals surface area contributed by atoms with Gasteiger partial charge < -0.3 is 0 Å². The van der Waals surface area contributed by atoms with Gasteiger partial charge in [-0.25, -0.2) is 0 Å². The minimum atomic E-state index is 0.497. The number of allylic oxidation sites excluding steroid dienone is 1. The van der Waals surface area contributed by atoms with E-state index in [0.717, 1.165) is 29.6 Å². The summed E-state index contributed by atoms with van der Waals surface area (Å²) < 4.78 is 0. The van der Waals surface area contributed by atoms with Crippen LogP contribution < -0.4 is 0 Å². The second-order valence-electron chi connectivity index (χ2n) is 9.74. The van der Waals surface area contributed by atoms with E-state index in [4.69, 9.17) is 0 Å². The maximum atomic E-state index is 4.49. The average molecular weight is 301 g/mol. The van der Waals surface area contributed by atoms with Crippen LogP contribution in [0.25, 0.3) is 0 Å². The minimum Gasteiger partial charge on any atom is -0.0993 e. The molecule has 4 aliphatic rings. The van der Waals surface area contributed by atoms with E-state index in [1.54, 1.807) is 12.0 Å². The molecule has 0 radical (unpaired) electrons. The quantitative estimate of drug-likeness (QED) is 0.478. The Hall–Kier alpha value is -0.260. The third kappa shape index (κ3) is 1.88. The average Bonchev–Trinajstić information content (AvgIpc) is 2.82. The van der Waals surface area contributed by atoms with E-state index < -0.39 is 0 Å². The van der Waals surface area contributed by atoms with Crippen molar-refractivity contribution in [2.75, 3.05) is 0 Å². The Morgan fingerprint density at radius 2 is 1.82 bits per heavy atom. The molecule has 0 heteroatoms. The fourth-order valence-corrected chi connectivity index (χ4v) is 7.93. The van der Waals surface area contributed by atoms with Crippen molar-refractivity contribution in [3.8, 4) is 0 Å². The van der Waals surface area contributed by atoms with Crippen LogP contribution in [0.15, 0.2) is 12.2 Å². The number of fused-ring (bicyclic) bond motifs is 5. The van der Waals surface area contributed by atoms with Crippen LogP contribution in [0.1, 0.15) is 85.0 Å². The first-order valence-corrected chi connectivity index (χ1v) is 10.2. The van der Waals surface area contributed by atoms with Gasteiger partial charge in [0.25, 0.3) is 0 Å². The summed E-state index contributed by atoms with van der Waals surface area (Å²) in [5.74, 6) is 5.07. The van der Waals surface area contributed by atoms with Crippen LogP contribution >= 0.6 is 0 Å². The summed E-state index contributed by atoms with van der Waals surface area (Å²) in [6.45, 7) is 12.2. The zero-order valence-corrected chi connectivity index (χ0v) is 15.2. The van der Waals surface area contributed by atoms with Gasteiger partial charge in [-0.05, 0) is 85.4 Å². The van der Waals surface area contributed by atoms with Crippen molar-refractivity contribution in [3.63, 3.8) is 0 Å². The van der Waals surface area contributed by atoms with Gasteiger partial charge in [0.05, 0.1) is 0 Å². The van der Waals surface area contributed by atoms with Crippen LogP contribution in [-0.2, 0) is 0 Å². The summed E-state index contributed by atoms with van der Waals surface area (Å²) in [6.07, 6.45) is 14.8. The van der Waals surface area contributed by atoms with Crippen molar-refractivity contribution >= 4 is 0 Å². The zero-order chi connectivity index (χ0) is 15.5. The molecule has 4 aliphatic carbocycles. The third-order valence-corrected chi connectivity index (χ3v) is 9.23. The highest BCUT2D eigenvalue weighted by Gasteiger charge is 2.59. The van der Waals surface area contributed by atoms with E-state index in [0.29, 0.717) is 10.8 Å². The molecule has 0 aromatic rings. The molecule has 0 aromatic carbocycles. The van der Waals surface area contributed by atoms with E-state index in [-0.39, 0.29) is 0 Å². The molecule has 0 heterocycles. The fourth-order valence-electron chi connectivity index (χ4n) is 7.93. The molecule has 4 fully saturated rings. The molecule has 124 valence electrons. The van der Waals surface area contributed by atoms with Gasteiger partial charge >= 0.3 is 0 Å². The molecule has 22 heavy (non-hydrogen) atoms. The molecule has 0 bridgehead atoms. The van der Waals surface area contributed by atoms with Crippen LogP contribution in [0.4, 0.5) is 0 Å². The zero-order valence-electron chi connectivity index (χ0n) is 15.2. The highest BCUT2D eigenvalue weighted by Crippen LogP contribution is 2.68. The summed E-state index contributed by atoms with van der Waals surface area (Å²) in [5.41, 5.74) is 2.77. The molecule has 7 atom stereocenters. The largest absolute Gasteiger partial charge is 0.0993 e. The van der Waals surface area contributed by atoms with E-state index in [2.05, 4.69) is 27.4 Å². The predicted octanol–water partition coefficient (Wildman–Crippen LogP) is 6.61. The Balaban J connectivity index is 1.70. The molecule has 0 aromatic heterocycles. The van der Waals surface area contributed by atoms with E-state index in [1.165, 1.54) is 57.8 Å². The molecule has 0 amide bonds. The van der Waals surface area contributed by atoms with Crippen LogP contribution in [0.3, 0.4) is 0 Å². The van der Waals surface area contributed by atoms with Gasteiger partial charge in [-0.1, -0.05) is 52.2 Å². The van der Waals surface area contributed by atoms with E-state index in [9.17, 15) is 0 Å². The standard InChI is InChI=1S/C22H36/c1-5-16-14-17-19-10-9-15(2)21(19,3)13-11-20(17)22(4)12-7-6-8-18(16)22/h16-20H,2,5-14H2,1,3-4H3. The Kier molecular flexibility index (Phi) is 3.55. The van der Waals surface area contributed by atoms with Crippen molar-refractivity contribution in [1.82, 2.24) is 0 Å². The molecular formula is C22H36. The van der Waals surface area contributed by atoms with E-state index in [1.807, 2.05) is 0 Å². The Morgan fingerprint density at radius 1 is 1.00 bits per heavy atom. The lowest BCUT2D eigenvalue weighted by molar-refractivity contribution is -0.125. The fraction of sp³-hybridized carbons (Fsp3) is 0.909. The first kappa shape index (κ1) is 15.3. The number of hydrogen-bond donors (Lipinski definition) is 0. The molecule has 0 nitrogen and oxygen atoms in total. The minimum absolute atomic E-state index is 0.497. The summed E-state index contributed by atoms with van der Waals surface area (Å²) in [4.78, 5) is 0. The molecule has 7 unspecified atom stereocenters. The molecule has 0 spiro atoms. The summed E-state index contributed by atoms with van der Waals surface area (Å²) >= 11 is 0. The SMILES string of the molecule is C=C1CCC2C3CC(CC)C4CCCCC4(C)C3CCC12C. The third-order valence-electron chi connectivity index (χ3n) is 9.23. The number of hydrogen-bond acceptors (Lipinski definition) is 0. The maximum Gasteiger partial charge on any atom is -0.00879 e. The van der Waals surface area contributed by atoms with Crippen molar-refractivity contribution in [2.24, 2.45) is 40.4 Å². The van der Waals surface area contributed by atoms with Crippen LogP contribution in [0, 0.1) is 40.4 Å². The van der Waals surface area contributed by atoms with E-state index >= 15 is 0 Å². The monoisotopic (exact) mass is 300 g/mol. The first-order chi connectivity index (χ1) is 10.5. The van der Waals surface area contributed by atoms with Crippen molar-refractivity contribution in [3.05, 3.63) is 12.2 Å². The lowest BCUT2D eigenvalue weighted by Gasteiger charge is -2.62. The molecule has 0 saturated heterocycles. The van der Waals surface area contributed by atoms with Gasteiger partial charge in [0, 0.05) is 0 Å². The van der Waals surface area contributed by atoms with Gasteiger partial charge in [0.2, 0.25) is 0 Å². The molecular weight excluding hydrogens is 264 g/mol. The molecule has 0 aliphatic heterocycles. The highest BCUT2D eigenvalue weighted by molar-refractivity contribution is 5.21. The second kappa shape index (κ2) is 5.12. The first-order valence-electron chi connectivity index (χ1n) is 10.2. The topological polar surface area (TPSA) is 0 Å². The summed E-state index contributed by atoms with van der Waals surface area (Å²) in [5, 5.41) is 0. The Morgan fingerprint density at radius 3 is 2.59 bits per heavy atom. The van der Waals surface area contributed by atoms with Crippen LogP contribution in [0.2, 0.25) is 0 Å². The van der Waals surface area contributed by atoms with Gasteiger partial charge in [0.1, 0.15) is 0 Å². The summed E-state index contributed by atoms with van der Waals surface area (Å²) in [7, 11) is 0. The smallest absolute Gasteiger partial charge is 0.00879 e. The molecule has 4 saturated carbocycles. The van der Waals surface area contributed by atoms with Crippen LogP contribution in [0.5, 0.6) is 0 Å². The van der Waals surface area contributed by atoms with Gasteiger partial charge in [-0.3, -0.25) is 0 Å². The van der Waals surface area contributed by atoms with Crippen molar-refractivity contribution in [1.29, 1.82) is 0 Å². The predicted molar refractivity (Wildman–Crippen MR) is 94.6 cm³/mol. The van der Waals surface area contributed by atoms with Gasteiger partial charge in [-0.15, -0.1) is 0 Å². The molecule has 4 rings (SSSR count). The highest BCUT2D eigenvalue weighted by atomic mass is 14.6. The lowest BCUT2D eigenvalue weighted by atomic mass is 9.43. The summed E-state index contributed by atoms with van der Waals surface area (Å²) in [6, 6.07) is 0.